The van der Waals surface area contributed by atoms with E-state index in [1.807, 2.05) is 0 Å². The van der Waals surface area contributed by atoms with Crippen molar-refractivity contribution in [1.82, 2.24) is 4.98 Å². The summed E-state index contributed by atoms with van der Waals surface area (Å²) < 4.78 is 26.6. The van der Waals surface area contributed by atoms with E-state index in [2.05, 4.69) is 9.71 Å². The highest BCUT2D eigenvalue weighted by molar-refractivity contribution is 7.92. The maximum absolute atomic E-state index is 12.2. The van der Waals surface area contributed by atoms with Gasteiger partial charge in [-0.15, -0.1) is 0 Å². The Bertz CT molecular complexity index is 811. The van der Waals surface area contributed by atoms with Crippen LogP contribution in [-0.2, 0) is 10.0 Å². The minimum atomic E-state index is -4.00. The molecular weight excluding hydrogens is 341 g/mol. The van der Waals surface area contributed by atoms with Crippen molar-refractivity contribution in [2.24, 2.45) is 0 Å². The van der Waals surface area contributed by atoms with E-state index in [0.717, 1.165) is 12.1 Å². The summed E-state index contributed by atoms with van der Waals surface area (Å²) in [7, 11) is -4.00. The number of hydrogen-bond donors (Lipinski definition) is 1. The molecule has 21 heavy (non-hydrogen) atoms. The van der Waals surface area contributed by atoms with Crippen LogP contribution in [0.4, 0.5) is 11.4 Å². The summed E-state index contributed by atoms with van der Waals surface area (Å²) in [5, 5.41) is 10.7. The maximum Gasteiger partial charge on any atom is 0.289 e. The molecule has 0 aliphatic heterocycles. The molecule has 2 aromatic rings. The van der Waals surface area contributed by atoms with Gasteiger partial charge in [-0.25, -0.2) is 13.4 Å². The van der Waals surface area contributed by atoms with Gasteiger partial charge in [0.15, 0.2) is 0 Å². The van der Waals surface area contributed by atoms with Crippen LogP contribution in [0.1, 0.15) is 0 Å². The normalized spacial score (nSPS) is 11.1. The second-order valence-electron chi connectivity index (χ2n) is 3.84. The van der Waals surface area contributed by atoms with E-state index >= 15 is 0 Å². The van der Waals surface area contributed by atoms with Crippen LogP contribution in [0.25, 0.3) is 0 Å². The number of halogens is 2. The lowest BCUT2D eigenvalue weighted by Crippen LogP contribution is -2.13. The van der Waals surface area contributed by atoms with Gasteiger partial charge in [0.05, 0.1) is 15.5 Å². The van der Waals surface area contributed by atoms with Gasteiger partial charge in [-0.1, -0.05) is 23.2 Å². The molecule has 0 bridgehead atoms. The number of aromatic nitrogens is 1. The Balaban J connectivity index is 2.40. The first-order valence-electron chi connectivity index (χ1n) is 5.38. The van der Waals surface area contributed by atoms with E-state index in [0.29, 0.717) is 0 Å². The fourth-order valence-corrected chi connectivity index (χ4v) is 2.91. The molecule has 2 rings (SSSR count). The Labute approximate surface area is 129 Å². The number of rotatable bonds is 4. The fourth-order valence-electron chi connectivity index (χ4n) is 1.48. The third-order valence-corrected chi connectivity index (χ3v) is 4.31. The zero-order valence-corrected chi connectivity index (χ0v) is 12.5. The lowest BCUT2D eigenvalue weighted by atomic mass is 10.3. The summed E-state index contributed by atoms with van der Waals surface area (Å²) in [6, 6.07) is 5.90. The molecular formula is C11H7Cl2N3O4S. The van der Waals surface area contributed by atoms with Crippen LogP contribution in [-0.4, -0.2) is 18.3 Å². The number of hydrogen-bond acceptors (Lipinski definition) is 5. The number of benzene rings is 1. The SMILES string of the molecule is O=[N+]([O-])c1cc(S(=O)(=O)Nc2ccnc(Cl)c2)ccc1Cl. The van der Waals surface area contributed by atoms with Gasteiger partial charge in [-0.3, -0.25) is 14.8 Å². The van der Waals surface area contributed by atoms with E-state index in [-0.39, 0.29) is 20.8 Å². The molecule has 0 radical (unpaired) electrons. The highest BCUT2D eigenvalue weighted by Gasteiger charge is 2.20. The molecule has 0 fully saturated rings. The minimum Gasteiger partial charge on any atom is -0.279 e. The van der Waals surface area contributed by atoms with E-state index in [1.54, 1.807) is 0 Å². The molecule has 0 atom stereocenters. The van der Waals surface area contributed by atoms with Gasteiger partial charge in [0.25, 0.3) is 15.7 Å². The number of anilines is 1. The van der Waals surface area contributed by atoms with Gasteiger partial charge in [0.1, 0.15) is 10.2 Å². The third-order valence-electron chi connectivity index (χ3n) is 2.40. The summed E-state index contributed by atoms with van der Waals surface area (Å²) >= 11 is 11.3. The number of sulfonamides is 1. The van der Waals surface area contributed by atoms with Gasteiger partial charge >= 0.3 is 0 Å². The quantitative estimate of drug-likeness (QED) is 0.520. The zero-order chi connectivity index (χ0) is 15.6. The summed E-state index contributed by atoms with van der Waals surface area (Å²) in [5.41, 5.74) is -0.306. The van der Waals surface area contributed by atoms with Crippen LogP contribution in [0.2, 0.25) is 10.2 Å². The second kappa shape index (κ2) is 5.84. The summed E-state index contributed by atoms with van der Waals surface area (Å²) in [4.78, 5) is 13.5. The lowest BCUT2D eigenvalue weighted by Gasteiger charge is -2.08. The first-order chi connectivity index (χ1) is 9.79. The van der Waals surface area contributed by atoms with Crippen molar-refractivity contribution in [1.29, 1.82) is 0 Å². The molecule has 10 heteroatoms. The third kappa shape index (κ3) is 3.60. The largest absolute Gasteiger partial charge is 0.289 e. The molecule has 1 heterocycles. The first kappa shape index (κ1) is 15.5. The molecule has 0 aliphatic carbocycles. The standard InChI is InChI=1S/C11H7Cl2N3O4S/c12-9-2-1-8(6-10(9)16(17)18)21(19,20)15-7-3-4-14-11(13)5-7/h1-6H,(H,14,15). The van der Waals surface area contributed by atoms with Crippen molar-refractivity contribution in [2.75, 3.05) is 4.72 Å². The average molecular weight is 348 g/mol. The van der Waals surface area contributed by atoms with Crippen LogP contribution in [0.5, 0.6) is 0 Å². The van der Waals surface area contributed by atoms with E-state index in [4.69, 9.17) is 23.2 Å². The summed E-state index contributed by atoms with van der Waals surface area (Å²) in [5.74, 6) is 0. The minimum absolute atomic E-state index is 0.109. The molecule has 1 aromatic heterocycles. The molecule has 0 saturated carbocycles. The van der Waals surface area contributed by atoms with E-state index in [1.165, 1.54) is 24.4 Å². The molecule has 1 aromatic carbocycles. The monoisotopic (exact) mass is 347 g/mol. The molecule has 0 saturated heterocycles. The number of nitro groups is 1. The fraction of sp³-hybridized carbons (Fsp3) is 0. The van der Waals surface area contributed by atoms with Crippen LogP contribution in [0.3, 0.4) is 0 Å². The van der Waals surface area contributed by atoms with Gasteiger partial charge < -0.3 is 0 Å². The molecule has 0 unspecified atom stereocenters. The van der Waals surface area contributed by atoms with Crippen molar-refractivity contribution in [3.05, 3.63) is 56.8 Å². The Morgan fingerprint density at radius 3 is 2.52 bits per heavy atom. The van der Waals surface area contributed by atoms with E-state index < -0.39 is 20.6 Å². The topological polar surface area (TPSA) is 102 Å². The Kier molecular flexibility index (Phi) is 4.31. The second-order valence-corrected chi connectivity index (χ2v) is 6.32. The molecule has 0 amide bonds. The van der Waals surface area contributed by atoms with Crippen molar-refractivity contribution >= 4 is 44.6 Å². The molecule has 110 valence electrons. The molecule has 1 N–H and O–H groups in total. The van der Waals surface area contributed by atoms with Gasteiger partial charge in [0.2, 0.25) is 0 Å². The van der Waals surface area contributed by atoms with Crippen LogP contribution in [0, 0.1) is 10.1 Å². The predicted molar refractivity (Wildman–Crippen MR) is 78.2 cm³/mol. The van der Waals surface area contributed by atoms with Crippen LogP contribution >= 0.6 is 23.2 Å². The maximum atomic E-state index is 12.2. The molecule has 0 spiro atoms. The van der Waals surface area contributed by atoms with Crippen molar-refractivity contribution < 1.29 is 13.3 Å². The smallest absolute Gasteiger partial charge is 0.279 e. The van der Waals surface area contributed by atoms with Gasteiger partial charge in [-0.05, 0) is 24.3 Å². The van der Waals surface area contributed by atoms with Crippen molar-refractivity contribution in [3.8, 4) is 0 Å². The highest BCUT2D eigenvalue weighted by atomic mass is 35.5. The number of nitro benzene ring substituents is 1. The van der Waals surface area contributed by atoms with Crippen LogP contribution in [0.15, 0.2) is 41.4 Å². The van der Waals surface area contributed by atoms with Crippen molar-refractivity contribution in [2.45, 2.75) is 4.90 Å². The highest BCUT2D eigenvalue weighted by Crippen LogP contribution is 2.28. The number of nitrogens with zero attached hydrogens (tertiary/aromatic N) is 2. The Morgan fingerprint density at radius 1 is 1.19 bits per heavy atom. The summed E-state index contributed by atoms with van der Waals surface area (Å²) in [6.07, 6.45) is 1.32. The first-order valence-corrected chi connectivity index (χ1v) is 7.62. The predicted octanol–water partition coefficient (Wildman–Crippen LogP) is 3.10. The zero-order valence-electron chi connectivity index (χ0n) is 10.2. The van der Waals surface area contributed by atoms with Crippen LogP contribution < -0.4 is 4.72 Å². The lowest BCUT2D eigenvalue weighted by molar-refractivity contribution is -0.384. The van der Waals surface area contributed by atoms with Crippen molar-refractivity contribution in [3.63, 3.8) is 0 Å². The molecule has 0 aliphatic rings. The Morgan fingerprint density at radius 2 is 1.90 bits per heavy atom. The number of nitrogens with one attached hydrogen (secondary N) is 1. The van der Waals surface area contributed by atoms with E-state index in [9.17, 15) is 18.5 Å². The van der Waals surface area contributed by atoms with Gasteiger partial charge in [-0.2, -0.15) is 0 Å². The molecule has 7 nitrogen and oxygen atoms in total. The number of pyridine rings is 1. The van der Waals surface area contributed by atoms with Gasteiger partial charge in [0, 0.05) is 12.3 Å². The Hall–Kier alpha value is -1.90. The summed E-state index contributed by atoms with van der Waals surface area (Å²) in [6.45, 7) is 0. The average Bonchev–Trinajstić information content (AvgIpc) is 2.38.